The predicted molar refractivity (Wildman–Crippen MR) is 83.0 cm³/mol. The van der Waals surface area contributed by atoms with Gasteiger partial charge in [-0.15, -0.1) is 6.42 Å². The van der Waals surface area contributed by atoms with Crippen molar-refractivity contribution in [3.8, 4) is 12.3 Å². The second-order valence-corrected chi connectivity index (χ2v) is 5.78. The number of hydrogen-bond acceptors (Lipinski definition) is 0. The lowest BCUT2D eigenvalue weighted by Crippen LogP contribution is -2.53. The van der Waals surface area contributed by atoms with Crippen LogP contribution in [-0.4, -0.2) is 28.2 Å². The van der Waals surface area contributed by atoms with Crippen molar-refractivity contribution in [2.24, 2.45) is 0 Å². The number of alkyl halides is 1. The number of likely N-dealkylation sites (N-methyl/N-ethyl adjacent to an activating group) is 1. The summed E-state index contributed by atoms with van der Waals surface area (Å²) in [5, 5.41) is 0. The Labute approximate surface area is 119 Å². The van der Waals surface area contributed by atoms with Crippen LogP contribution in [0.5, 0.6) is 0 Å². The summed E-state index contributed by atoms with van der Waals surface area (Å²) in [4.78, 5) is 0. The first-order valence-electron chi connectivity index (χ1n) is 6.15. The van der Waals surface area contributed by atoms with Crippen molar-refractivity contribution in [1.29, 1.82) is 0 Å². The fraction of sp³-hybridized carbons (Fsp3) is 0.467. The first kappa shape index (κ1) is 14.5. The van der Waals surface area contributed by atoms with Crippen molar-refractivity contribution in [1.82, 2.24) is 0 Å². The van der Waals surface area contributed by atoms with Gasteiger partial charge in [-0.25, -0.2) is 0 Å². The Balaban J connectivity index is 2.79. The average molecular weight is 342 g/mol. The largest absolute Gasteiger partial charge is 0.303 e. The van der Waals surface area contributed by atoms with Gasteiger partial charge in [0, 0.05) is 6.42 Å². The lowest BCUT2D eigenvalue weighted by atomic mass is 10.1. The highest BCUT2D eigenvalue weighted by molar-refractivity contribution is 14.1. The molecule has 1 aromatic rings. The highest BCUT2D eigenvalue weighted by Crippen LogP contribution is 2.23. The lowest BCUT2D eigenvalue weighted by molar-refractivity contribution is -0.923. The number of benzene rings is 1. The van der Waals surface area contributed by atoms with Gasteiger partial charge in [-0.3, -0.25) is 0 Å². The maximum absolute atomic E-state index is 5.53. The monoisotopic (exact) mass is 342 g/mol. The first-order valence-corrected chi connectivity index (χ1v) is 7.40. The van der Waals surface area contributed by atoms with Gasteiger partial charge >= 0.3 is 0 Å². The van der Waals surface area contributed by atoms with E-state index in [1.54, 1.807) is 0 Å². The van der Waals surface area contributed by atoms with E-state index in [0.717, 1.165) is 30.5 Å². The molecule has 0 spiro atoms. The maximum atomic E-state index is 5.53. The molecule has 0 saturated carbocycles. The van der Waals surface area contributed by atoms with Gasteiger partial charge in [0.25, 0.3) is 0 Å². The zero-order chi connectivity index (χ0) is 12.7. The lowest BCUT2D eigenvalue weighted by Gasteiger charge is -2.39. The van der Waals surface area contributed by atoms with E-state index in [-0.39, 0.29) is 0 Å². The van der Waals surface area contributed by atoms with Crippen LogP contribution in [0.2, 0.25) is 0 Å². The highest BCUT2D eigenvalue weighted by atomic mass is 127. The molecule has 1 aromatic carbocycles. The highest BCUT2D eigenvalue weighted by Gasteiger charge is 2.30. The number of terminal acetylenes is 1. The third-order valence-corrected chi connectivity index (χ3v) is 5.13. The Kier molecular flexibility index (Phi) is 6.01. The Hall–Kier alpha value is -0.530. The zero-order valence-corrected chi connectivity index (χ0v) is 12.9. The fourth-order valence-electron chi connectivity index (χ4n) is 2.13. The van der Waals surface area contributed by atoms with Crippen molar-refractivity contribution < 1.29 is 4.48 Å². The van der Waals surface area contributed by atoms with Crippen molar-refractivity contribution >= 4 is 22.6 Å². The van der Waals surface area contributed by atoms with Gasteiger partial charge in [-0.2, -0.15) is 0 Å². The van der Waals surface area contributed by atoms with E-state index in [0.29, 0.717) is 4.05 Å². The summed E-state index contributed by atoms with van der Waals surface area (Å²) in [6.07, 6.45) is 6.62. The molecule has 0 N–H and O–H groups in total. The van der Waals surface area contributed by atoms with E-state index < -0.39 is 0 Å². The molecule has 0 radical (unpaired) electrons. The van der Waals surface area contributed by atoms with Crippen molar-refractivity contribution in [3.05, 3.63) is 35.9 Å². The quantitative estimate of drug-likeness (QED) is 0.244. The van der Waals surface area contributed by atoms with Crippen molar-refractivity contribution in [2.75, 3.05) is 19.6 Å². The van der Waals surface area contributed by atoms with Crippen LogP contribution in [0.1, 0.15) is 19.4 Å². The average Bonchev–Trinajstić information content (AvgIpc) is 2.37. The fourth-order valence-corrected chi connectivity index (χ4v) is 3.62. The molecule has 17 heavy (non-hydrogen) atoms. The Morgan fingerprint density at radius 1 is 1.24 bits per heavy atom. The molecule has 1 atom stereocenters. The van der Waals surface area contributed by atoms with Crippen molar-refractivity contribution in [3.63, 3.8) is 0 Å². The summed E-state index contributed by atoms with van der Waals surface area (Å²) in [7, 11) is 0. The molecular formula is C15H21IN+. The van der Waals surface area contributed by atoms with Gasteiger partial charge in [0.1, 0.15) is 10.6 Å². The van der Waals surface area contributed by atoms with Gasteiger partial charge in [0.05, 0.1) is 13.1 Å². The minimum Gasteiger partial charge on any atom is -0.303 e. The van der Waals surface area contributed by atoms with E-state index in [1.165, 1.54) is 5.56 Å². The predicted octanol–water partition coefficient (Wildman–Crippen LogP) is 3.48. The molecule has 0 fully saturated rings. The molecule has 0 heterocycles. The molecule has 0 aliphatic rings. The molecule has 1 unspecified atom stereocenters. The summed E-state index contributed by atoms with van der Waals surface area (Å²) < 4.78 is 1.55. The van der Waals surface area contributed by atoms with E-state index in [1.807, 2.05) is 0 Å². The molecule has 1 rings (SSSR count). The maximum Gasteiger partial charge on any atom is 0.144 e. The van der Waals surface area contributed by atoms with E-state index in [2.05, 4.69) is 72.7 Å². The summed E-state index contributed by atoms with van der Waals surface area (Å²) in [5.74, 6) is 2.84. The van der Waals surface area contributed by atoms with Gasteiger partial charge in [-0.1, -0.05) is 30.3 Å². The van der Waals surface area contributed by atoms with Crippen LogP contribution < -0.4 is 0 Å². The molecule has 0 bridgehead atoms. The number of rotatable bonds is 6. The van der Waals surface area contributed by atoms with Gasteiger partial charge in [0.15, 0.2) is 0 Å². The summed E-state index contributed by atoms with van der Waals surface area (Å²) in [6, 6.07) is 10.7. The molecule has 1 nitrogen and oxygen atoms in total. The standard InChI is InChI=1S/C15H21IN/c1-4-12-17(5-2,6-3)15(16)13-14-10-8-7-9-11-14/h1,7-11,15H,5-6,12-13H2,2-3H3/q+1. The molecule has 2 heteroatoms. The number of nitrogens with zero attached hydrogens (tertiary/aromatic N) is 1. The first-order chi connectivity index (χ1) is 8.18. The van der Waals surface area contributed by atoms with Crippen LogP contribution in [0.25, 0.3) is 0 Å². The third kappa shape index (κ3) is 3.72. The van der Waals surface area contributed by atoms with Crippen LogP contribution in [0.15, 0.2) is 30.3 Å². The smallest absolute Gasteiger partial charge is 0.144 e. The second kappa shape index (κ2) is 7.03. The summed E-state index contributed by atoms with van der Waals surface area (Å²) in [6.45, 7) is 7.49. The number of hydrogen-bond donors (Lipinski definition) is 0. The Morgan fingerprint density at radius 3 is 2.29 bits per heavy atom. The summed E-state index contributed by atoms with van der Waals surface area (Å²) >= 11 is 2.56. The third-order valence-electron chi connectivity index (χ3n) is 3.51. The molecule has 0 aliphatic heterocycles. The van der Waals surface area contributed by atoms with Crippen molar-refractivity contribution in [2.45, 2.75) is 24.3 Å². The molecule has 0 aromatic heterocycles. The Morgan fingerprint density at radius 2 is 1.82 bits per heavy atom. The normalized spacial score (nSPS) is 13.1. The second-order valence-electron chi connectivity index (χ2n) is 4.34. The summed E-state index contributed by atoms with van der Waals surface area (Å²) in [5.41, 5.74) is 1.40. The van der Waals surface area contributed by atoms with Gasteiger partial charge in [-0.05, 0) is 47.9 Å². The number of quaternary nitrogens is 1. The van der Waals surface area contributed by atoms with Crippen LogP contribution in [-0.2, 0) is 6.42 Å². The topological polar surface area (TPSA) is 0 Å². The minimum absolute atomic E-state index is 0.543. The molecule has 0 saturated heterocycles. The van der Waals surface area contributed by atoms with Gasteiger partial charge in [0.2, 0.25) is 0 Å². The van der Waals surface area contributed by atoms with E-state index >= 15 is 0 Å². The Bertz CT molecular complexity index is 362. The van der Waals surface area contributed by atoms with Crippen LogP contribution >= 0.6 is 22.6 Å². The number of halogens is 1. The molecule has 0 amide bonds. The molecular weight excluding hydrogens is 321 g/mol. The zero-order valence-electron chi connectivity index (χ0n) is 10.7. The molecule has 0 aliphatic carbocycles. The van der Waals surface area contributed by atoms with Crippen LogP contribution in [0.3, 0.4) is 0 Å². The molecule has 92 valence electrons. The van der Waals surface area contributed by atoms with Gasteiger partial charge < -0.3 is 4.48 Å². The van der Waals surface area contributed by atoms with Crippen LogP contribution in [0, 0.1) is 12.3 Å². The van der Waals surface area contributed by atoms with E-state index in [4.69, 9.17) is 6.42 Å². The van der Waals surface area contributed by atoms with E-state index in [9.17, 15) is 0 Å². The SMILES string of the molecule is C#CC[N+](CC)(CC)C(I)Cc1ccccc1. The van der Waals surface area contributed by atoms with Crippen LogP contribution in [0.4, 0.5) is 0 Å². The minimum atomic E-state index is 0.543.